The van der Waals surface area contributed by atoms with Crippen molar-refractivity contribution in [2.24, 2.45) is 11.8 Å². The van der Waals surface area contributed by atoms with Crippen LogP contribution in [0.5, 0.6) is 11.5 Å². The molecular weight excluding hydrogens is 516 g/mol. The molecule has 41 heavy (non-hydrogen) atoms. The number of nitrogens with zero attached hydrogens (tertiary/aromatic N) is 3. The molecular formula is C33H44N4O4. The normalized spacial score (nSPS) is 16.0. The van der Waals surface area contributed by atoms with Gasteiger partial charge in [-0.1, -0.05) is 24.3 Å². The highest BCUT2D eigenvalue weighted by molar-refractivity contribution is 5.68. The number of hydrogen-bond donors (Lipinski definition) is 1. The number of carbonyl (C=O) groups is 1. The van der Waals surface area contributed by atoms with Crippen LogP contribution in [-0.2, 0) is 4.74 Å². The monoisotopic (exact) mass is 560 g/mol. The van der Waals surface area contributed by atoms with Crippen LogP contribution in [0.4, 0.5) is 16.2 Å². The van der Waals surface area contributed by atoms with Crippen LogP contribution in [0.3, 0.4) is 0 Å². The topological polar surface area (TPSA) is 68.8 Å². The second-order valence-electron chi connectivity index (χ2n) is 11.6. The molecule has 0 aromatic heterocycles. The van der Waals surface area contributed by atoms with Crippen LogP contribution in [0.1, 0.15) is 59.3 Å². The number of likely N-dealkylation sites (tertiary alicyclic amines) is 1. The average Bonchev–Trinajstić information content (AvgIpc) is 2.98. The fraction of sp³-hybridized carbons (Fsp3) is 0.545. The number of carbonyl (C=O) groups excluding carboxylic acids is 1. The molecule has 4 rings (SSSR count). The largest absolute Gasteiger partial charge is 0.494 e. The Morgan fingerprint density at radius 1 is 0.805 bits per heavy atom. The van der Waals surface area contributed by atoms with E-state index >= 15 is 0 Å². The summed E-state index contributed by atoms with van der Waals surface area (Å²) in [6.07, 6.45) is 6.40. The van der Waals surface area contributed by atoms with Gasteiger partial charge in [-0.3, -0.25) is 0 Å². The highest BCUT2D eigenvalue weighted by atomic mass is 16.6. The van der Waals surface area contributed by atoms with E-state index in [9.17, 15) is 4.79 Å². The summed E-state index contributed by atoms with van der Waals surface area (Å²) in [6, 6.07) is 14.5. The molecule has 2 heterocycles. The Morgan fingerprint density at radius 3 is 1.66 bits per heavy atom. The second kappa shape index (κ2) is 16.5. The molecule has 2 aliphatic heterocycles. The molecule has 1 N–H and O–H groups in total. The molecule has 220 valence electrons. The molecule has 2 saturated heterocycles. The predicted octanol–water partition coefficient (Wildman–Crippen LogP) is 7.66. The van der Waals surface area contributed by atoms with E-state index in [0.29, 0.717) is 23.9 Å². The van der Waals surface area contributed by atoms with Crippen molar-refractivity contribution < 1.29 is 19.0 Å². The van der Waals surface area contributed by atoms with Crippen molar-refractivity contribution in [2.45, 2.75) is 64.9 Å². The molecule has 2 aromatic rings. The minimum atomic E-state index is -0.440. The van der Waals surface area contributed by atoms with Gasteiger partial charge in [-0.05, 0) is 108 Å². The summed E-state index contributed by atoms with van der Waals surface area (Å²) in [5.74, 6) is 3.05. The lowest BCUT2D eigenvalue weighted by atomic mass is 9.94. The van der Waals surface area contributed by atoms with Crippen molar-refractivity contribution in [1.29, 1.82) is 0 Å². The van der Waals surface area contributed by atoms with Crippen LogP contribution >= 0.6 is 0 Å². The van der Waals surface area contributed by atoms with Crippen LogP contribution in [0, 0.1) is 25.0 Å². The maximum atomic E-state index is 12.0. The quantitative estimate of drug-likeness (QED) is 0.336. The number of hydrogen-bond acceptors (Lipinski definition) is 5. The fourth-order valence-corrected chi connectivity index (χ4v) is 4.82. The van der Waals surface area contributed by atoms with Crippen molar-refractivity contribution in [1.82, 2.24) is 10.2 Å². The molecule has 0 bridgehead atoms. The predicted molar refractivity (Wildman–Crippen MR) is 162 cm³/mol. The zero-order chi connectivity index (χ0) is 29.5. The zero-order valence-electron chi connectivity index (χ0n) is 24.7. The van der Waals surface area contributed by atoms with E-state index in [4.69, 9.17) is 27.4 Å². The van der Waals surface area contributed by atoms with Gasteiger partial charge >= 0.3 is 6.09 Å². The van der Waals surface area contributed by atoms with Crippen molar-refractivity contribution in [3.63, 3.8) is 0 Å². The lowest BCUT2D eigenvalue weighted by molar-refractivity contribution is 0.0177. The summed E-state index contributed by atoms with van der Waals surface area (Å²) in [5, 5.41) is 3.37. The van der Waals surface area contributed by atoms with E-state index in [1.807, 2.05) is 45.0 Å². The van der Waals surface area contributed by atoms with Crippen LogP contribution in [0.2, 0.25) is 0 Å². The third-order valence-corrected chi connectivity index (χ3v) is 7.25. The second-order valence-corrected chi connectivity index (χ2v) is 11.6. The minimum Gasteiger partial charge on any atom is -0.494 e. The molecule has 2 aliphatic rings. The highest BCUT2D eigenvalue weighted by Crippen LogP contribution is 2.24. The van der Waals surface area contributed by atoms with E-state index in [0.717, 1.165) is 75.9 Å². The Morgan fingerprint density at radius 2 is 1.24 bits per heavy atom. The standard InChI is InChI=1S/C19H26N2O3.C14H18N2O/c1-19(2,3)24-18(22)21-12-9-15(10-13-21)11-14-23-17-7-5-16(20-4)6-8-17;1-15-13-2-4-14(5-3-13)17-11-8-12-6-9-16-10-7-12/h5-8,15H,9-14H2,1-3H3;2-5,12,16H,6-11H2. The van der Waals surface area contributed by atoms with Crippen molar-refractivity contribution in [2.75, 3.05) is 39.4 Å². The molecule has 2 aromatic carbocycles. The van der Waals surface area contributed by atoms with Gasteiger partial charge in [0.15, 0.2) is 11.4 Å². The Hall–Kier alpha value is -3.75. The first-order valence-electron chi connectivity index (χ1n) is 14.6. The Bertz CT molecular complexity index is 1130. The van der Waals surface area contributed by atoms with E-state index < -0.39 is 5.60 Å². The molecule has 8 nitrogen and oxygen atoms in total. The van der Waals surface area contributed by atoms with E-state index in [1.165, 1.54) is 12.8 Å². The summed E-state index contributed by atoms with van der Waals surface area (Å²) in [6.45, 7) is 24.7. The van der Waals surface area contributed by atoms with Gasteiger partial charge in [0.25, 0.3) is 0 Å². The lowest BCUT2D eigenvalue weighted by Crippen LogP contribution is -2.41. The number of rotatable bonds is 8. The molecule has 1 amide bonds. The summed E-state index contributed by atoms with van der Waals surface area (Å²) in [7, 11) is 0. The van der Waals surface area contributed by atoms with Gasteiger partial charge in [-0.25, -0.2) is 14.5 Å². The maximum Gasteiger partial charge on any atom is 0.410 e. The molecule has 0 aliphatic carbocycles. The van der Waals surface area contributed by atoms with Crippen LogP contribution in [0.15, 0.2) is 48.5 Å². The molecule has 2 fully saturated rings. The van der Waals surface area contributed by atoms with Crippen LogP contribution < -0.4 is 14.8 Å². The average molecular weight is 561 g/mol. The fourth-order valence-electron chi connectivity index (χ4n) is 4.82. The van der Waals surface area contributed by atoms with Crippen molar-refractivity contribution in [3.8, 4) is 11.5 Å². The molecule has 0 saturated carbocycles. The number of benzene rings is 2. The minimum absolute atomic E-state index is 0.211. The third-order valence-electron chi connectivity index (χ3n) is 7.25. The van der Waals surface area contributed by atoms with Gasteiger partial charge in [0, 0.05) is 13.1 Å². The van der Waals surface area contributed by atoms with Gasteiger partial charge < -0.3 is 24.4 Å². The lowest BCUT2D eigenvalue weighted by Gasteiger charge is -2.33. The van der Waals surface area contributed by atoms with Gasteiger partial charge in [0.2, 0.25) is 0 Å². The zero-order valence-corrected chi connectivity index (χ0v) is 24.7. The smallest absolute Gasteiger partial charge is 0.410 e. The van der Waals surface area contributed by atoms with Gasteiger partial charge in [-0.15, -0.1) is 0 Å². The van der Waals surface area contributed by atoms with Gasteiger partial charge in [0.05, 0.1) is 26.4 Å². The molecule has 0 atom stereocenters. The molecule has 0 radical (unpaired) electrons. The van der Waals surface area contributed by atoms with E-state index in [2.05, 4.69) is 15.0 Å². The summed E-state index contributed by atoms with van der Waals surface area (Å²) in [4.78, 5) is 20.5. The third kappa shape index (κ3) is 12.1. The van der Waals surface area contributed by atoms with Crippen LogP contribution in [-0.4, -0.2) is 56.0 Å². The van der Waals surface area contributed by atoms with Gasteiger partial charge in [0.1, 0.15) is 17.1 Å². The number of ether oxygens (including phenoxy) is 3. The first-order valence-corrected chi connectivity index (χ1v) is 14.6. The van der Waals surface area contributed by atoms with Gasteiger partial charge in [-0.2, -0.15) is 0 Å². The van der Waals surface area contributed by atoms with E-state index in [-0.39, 0.29) is 6.09 Å². The van der Waals surface area contributed by atoms with Crippen molar-refractivity contribution >= 4 is 17.5 Å². The SMILES string of the molecule is [C-]#[N+]c1ccc(OCCC2CCN(C(=O)OC(C)(C)C)CC2)cc1.[C-]#[N+]c1ccc(OCCC2CCNCC2)cc1. The van der Waals surface area contributed by atoms with E-state index in [1.54, 1.807) is 29.2 Å². The Balaban J connectivity index is 0.000000239. The summed E-state index contributed by atoms with van der Waals surface area (Å²) < 4.78 is 16.8. The van der Waals surface area contributed by atoms with Crippen molar-refractivity contribution in [3.05, 3.63) is 71.4 Å². The maximum absolute atomic E-state index is 12.0. The Labute approximate surface area is 245 Å². The number of piperidine rings is 2. The molecule has 0 spiro atoms. The number of amides is 1. The summed E-state index contributed by atoms with van der Waals surface area (Å²) >= 11 is 0. The Kier molecular flexibility index (Phi) is 12.8. The first-order chi connectivity index (χ1) is 19.8. The number of nitrogens with one attached hydrogen (secondary N) is 1. The first kappa shape index (κ1) is 31.8. The molecule has 8 heteroatoms. The highest BCUT2D eigenvalue weighted by Gasteiger charge is 2.26. The summed E-state index contributed by atoms with van der Waals surface area (Å²) in [5.41, 5.74) is 0.845. The molecule has 0 unspecified atom stereocenters. The van der Waals surface area contributed by atoms with Crippen LogP contribution in [0.25, 0.3) is 9.69 Å².